The molecule has 0 spiro atoms. The van der Waals surface area contributed by atoms with Crippen molar-refractivity contribution in [3.05, 3.63) is 34.3 Å². The topological polar surface area (TPSA) is 17.1 Å². The lowest BCUT2D eigenvalue weighted by Gasteiger charge is -2.27. The molecule has 0 fully saturated rings. The third-order valence-electron chi connectivity index (χ3n) is 2.57. The van der Waals surface area contributed by atoms with Gasteiger partial charge in [0.2, 0.25) is 5.78 Å². The van der Waals surface area contributed by atoms with Crippen molar-refractivity contribution in [2.24, 2.45) is 0 Å². The highest BCUT2D eigenvalue weighted by atomic mass is 35.5. The van der Waals surface area contributed by atoms with Crippen molar-refractivity contribution in [2.75, 3.05) is 0 Å². The number of hydrogen-bond donors (Lipinski definition) is 0. The molecule has 0 saturated heterocycles. The molecule has 0 saturated carbocycles. The lowest BCUT2D eigenvalue weighted by atomic mass is 9.98. The van der Waals surface area contributed by atoms with Crippen molar-refractivity contribution in [1.82, 2.24) is 0 Å². The lowest BCUT2D eigenvalue weighted by Crippen LogP contribution is -2.56. The van der Waals surface area contributed by atoms with Gasteiger partial charge < -0.3 is 0 Å². The van der Waals surface area contributed by atoms with Gasteiger partial charge in [-0.3, -0.25) is 4.79 Å². The van der Waals surface area contributed by atoms with E-state index in [0.29, 0.717) is 0 Å². The molecule has 1 aromatic rings. The van der Waals surface area contributed by atoms with Crippen molar-refractivity contribution in [3.63, 3.8) is 0 Å². The Hall–Kier alpha value is -1.52. The molecule has 0 aliphatic heterocycles. The molecule has 0 amide bonds. The van der Waals surface area contributed by atoms with Crippen LogP contribution in [0.15, 0.2) is 18.2 Å². The monoisotopic (exact) mass is 376 g/mol. The lowest BCUT2D eigenvalue weighted by molar-refractivity contribution is -0.339. The number of rotatable bonds is 3. The SMILES string of the molecule is O=C(c1cc(C(F)(F)F)ccc1Cl)C(F)(F)C(F)(F)C(F)(F)F. The van der Waals surface area contributed by atoms with Crippen LogP contribution in [0.2, 0.25) is 5.02 Å². The fraction of sp³-hybridized carbons (Fsp3) is 0.364. The number of carbonyl (C=O) groups excluding carboxylic acids is 1. The molecule has 0 aliphatic rings. The fourth-order valence-electron chi connectivity index (χ4n) is 1.37. The number of Topliss-reactive ketones (excluding diaryl/α,β-unsaturated/α-hetero) is 1. The number of alkyl halides is 10. The molecule has 1 rings (SSSR count). The van der Waals surface area contributed by atoms with Crippen molar-refractivity contribution < 1.29 is 48.7 Å². The van der Waals surface area contributed by atoms with Crippen LogP contribution in [0.3, 0.4) is 0 Å². The van der Waals surface area contributed by atoms with Crippen LogP contribution >= 0.6 is 11.6 Å². The highest BCUT2D eigenvalue weighted by molar-refractivity contribution is 6.34. The first-order valence-corrected chi connectivity index (χ1v) is 5.65. The van der Waals surface area contributed by atoms with E-state index >= 15 is 0 Å². The van der Waals surface area contributed by atoms with Crippen LogP contribution in [0.25, 0.3) is 0 Å². The first-order chi connectivity index (χ1) is 10.0. The summed E-state index contributed by atoms with van der Waals surface area (Å²) in [4.78, 5) is 11.3. The Bertz CT molecular complexity index is 616. The molecule has 0 aliphatic carbocycles. The van der Waals surface area contributed by atoms with Crippen LogP contribution in [-0.2, 0) is 6.18 Å². The Morgan fingerprint density at radius 1 is 0.870 bits per heavy atom. The number of carbonyl (C=O) groups is 1. The molecular weight excluding hydrogens is 374 g/mol. The van der Waals surface area contributed by atoms with E-state index in [2.05, 4.69) is 0 Å². The molecule has 0 atom stereocenters. The summed E-state index contributed by atoms with van der Waals surface area (Å²) in [7, 11) is 0. The third kappa shape index (κ3) is 3.38. The molecule has 0 heterocycles. The first kappa shape index (κ1) is 19.5. The number of ketones is 1. The maximum atomic E-state index is 13.2. The fourth-order valence-corrected chi connectivity index (χ4v) is 1.57. The van der Waals surface area contributed by atoms with Crippen LogP contribution < -0.4 is 0 Å². The Balaban J connectivity index is 3.45. The third-order valence-corrected chi connectivity index (χ3v) is 2.90. The van der Waals surface area contributed by atoms with E-state index in [1.54, 1.807) is 0 Å². The minimum Gasteiger partial charge on any atom is -0.287 e. The quantitative estimate of drug-likeness (QED) is 0.512. The summed E-state index contributed by atoms with van der Waals surface area (Å²) in [5.41, 5.74) is -3.54. The van der Waals surface area contributed by atoms with Crippen molar-refractivity contribution in [3.8, 4) is 0 Å². The van der Waals surface area contributed by atoms with E-state index in [-0.39, 0.29) is 18.2 Å². The predicted molar refractivity (Wildman–Crippen MR) is 56.7 cm³/mol. The predicted octanol–water partition coefficient (Wildman–Crippen LogP) is 5.37. The standard InChI is InChI=1S/C11H3ClF10O/c12-6-2-1-4(9(15,16)17)3-5(6)7(23)8(13,14)10(18,19)11(20,21)22/h1-3H. The van der Waals surface area contributed by atoms with Gasteiger partial charge >= 0.3 is 24.2 Å². The van der Waals surface area contributed by atoms with E-state index in [9.17, 15) is 48.7 Å². The van der Waals surface area contributed by atoms with E-state index in [0.717, 1.165) is 0 Å². The van der Waals surface area contributed by atoms with E-state index in [1.165, 1.54) is 0 Å². The van der Waals surface area contributed by atoms with E-state index in [1.807, 2.05) is 0 Å². The average Bonchev–Trinajstić information content (AvgIpc) is 2.35. The second-order valence-electron chi connectivity index (χ2n) is 4.17. The number of benzene rings is 1. The Morgan fingerprint density at radius 2 is 1.35 bits per heavy atom. The Labute approximate surface area is 125 Å². The van der Waals surface area contributed by atoms with Gasteiger partial charge in [0.25, 0.3) is 0 Å². The van der Waals surface area contributed by atoms with Gasteiger partial charge in [0.1, 0.15) is 0 Å². The summed E-state index contributed by atoms with van der Waals surface area (Å²) in [5, 5.41) is -1.14. The summed E-state index contributed by atoms with van der Waals surface area (Å²) in [6.07, 6.45) is -12.0. The normalized spacial score (nSPS) is 14.0. The van der Waals surface area contributed by atoms with Gasteiger partial charge in [0.05, 0.1) is 10.6 Å². The molecule has 23 heavy (non-hydrogen) atoms. The Kier molecular flexibility index (Phi) is 4.70. The molecular formula is C11H3ClF10O. The van der Waals surface area contributed by atoms with Gasteiger partial charge in [-0.2, -0.15) is 43.9 Å². The molecule has 0 radical (unpaired) electrons. The minimum absolute atomic E-state index is 0.235. The molecule has 0 N–H and O–H groups in total. The maximum Gasteiger partial charge on any atom is 0.460 e. The Morgan fingerprint density at radius 3 is 1.74 bits per heavy atom. The smallest absolute Gasteiger partial charge is 0.287 e. The van der Waals surface area contributed by atoms with Gasteiger partial charge in [0, 0.05) is 5.56 Å². The van der Waals surface area contributed by atoms with Crippen LogP contribution in [0.4, 0.5) is 43.9 Å². The van der Waals surface area contributed by atoms with Crippen LogP contribution in [0.5, 0.6) is 0 Å². The minimum atomic E-state index is -6.81. The molecule has 1 nitrogen and oxygen atoms in total. The summed E-state index contributed by atoms with van der Waals surface area (Å²) in [6.45, 7) is 0. The molecule has 0 aromatic heterocycles. The van der Waals surface area contributed by atoms with Crippen molar-refractivity contribution >= 4 is 17.4 Å². The number of halogens is 11. The average molecular weight is 377 g/mol. The van der Waals surface area contributed by atoms with Crippen LogP contribution in [0.1, 0.15) is 15.9 Å². The molecule has 0 bridgehead atoms. The molecule has 0 unspecified atom stereocenters. The van der Waals surface area contributed by atoms with Gasteiger partial charge in [0.15, 0.2) is 0 Å². The van der Waals surface area contributed by atoms with Crippen LogP contribution in [0, 0.1) is 0 Å². The van der Waals surface area contributed by atoms with E-state index < -0.39 is 46.1 Å². The summed E-state index contributed by atoms with van der Waals surface area (Å²) < 4.78 is 125. The molecule has 130 valence electrons. The van der Waals surface area contributed by atoms with Gasteiger partial charge in [-0.05, 0) is 18.2 Å². The van der Waals surface area contributed by atoms with Gasteiger partial charge in [-0.1, -0.05) is 11.6 Å². The molecule has 12 heteroatoms. The van der Waals surface area contributed by atoms with Gasteiger partial charge in [-0.25, -0.2) is 0 Å². The maximum absolute atomic E-state index is 13.2. The van der Waals surface area contributed by atoms with Gasteiger partial charge in [-0.15, -0.1) is 0 Å². The first-order valence-electron chi connectivity index (χ1n) is 5.27. The largest absolute Gasteiger partial charge is 0.460 e. The van der Waals surface area contributed by atoms with Crippen LogP contribution in [-0.4, -0.2) is 23.8 Å². The highest BCUT2D eigenvalue weighted by Gasteiger charge is 2.76. The second kappa shape index (κ2) is 5.53. The zero-order valence-corrected chi connectivity index (χ0v) is 11.1. The van der Waals surface area contributed by atoms with Crippen molar-refractivity contribution in [2.45, 2.75) is 24.2 Å². The second-order valence-corrected chi connectivity index (χ2v) is 4.58. The van der Waals surface area contributed by atoms with E-state index in [4.69, 9.17) is 11.6 Å². The highest BCUT2D eigenvalue weighted by Crippen LogP contribution is 2.48. The molecule has 1 aromatic carbocycles. The summed E-state index contributed by atoms with van der Waals surface area (Å²) >= 11 is 5.16. The zero-order valence-electron chi connectivity index (χ0n) is 10.3. The van der Waals surface area contributed by atoms with Crippen molar-refractivity contribution in [1.29, 1.82) is 0 Å². The zero-order chi connectivity index (χ0) is 18.4. The number of hydrogen-bond acceptors (Lipinski definition) is 1. The summed E-state index contributed by atoms with van der Waals surface area (Å²) in [5.74, 6) is -16.3. The summed E-state index contributed by atoms with van der Waals surface area (Å²) in [6, 6.07) is 0.184.